The number of rotatable bonds is 4. The first-order chi connectivity index (χ1) is 9.35. The van der Waals surface area contributed by atoms with Crippen molar-refractivity contribution in [3.63, 3.8) is 0 Å². The molecule has 1 aromatic rings. The standard InChI is InChI=1S/C12H11NO6S.Na/c14-12(15)8-3-4-11(13-20(16,17)18)9(6-8)7-10-2-1-5-19-10;/h1-7,11,13H,(H,14,15)(H,16,17,18);/q;+1/p-1. The number of nitrogens with one attached hydrogen (secondary N) is 1. The molecule has 7 nitrogen and oxygen atoms in total. The molecular weight excluding hydrogens is 309 g/mol. The van der Waals surface area contributed by atoms with Crippen LogP contribution in [-0.4, -0.2) is 30.1 Å². The largest absolute Gasteiger partial charge is 1.00 e. The van der Waals surface area contributed by atoms with Gasteiger partial charge in [-0.15, -0.1) is 0 Å². The van der Waals surface area contributed by atoms with Crippen LogP contribution in [0.5, 0.6) is 0 Å². The molecule has 106 valence electrons. The Hall–Kier alpha value is -1.16. The first kappa shape index (κ1) is 17.9. The van der Waals surface area contributed by atoms with Gasteiger partial charge in [-0.3, -0.25) is 0 Å². The molecule has 0 fully saturated rings. The zero-order valence-electron chi connectivity index (χ0n) is 11.0. The first-order valence-electron chi connectivity index (χ1n) is 5.46. The number of carbonyl (C=O) groups is 1. The van der Waals surface area contributed by atoms with Gasteiger partial charge in [0.1, 0.15) is 5.76 Å². The Kier molecular flexibility index (Phi) is 6.14. The van der Waals surface area contributed by atoms with Crippen molar-refractivity contribution in [3.8, 4) is 0 Å². The molecule has 21 heavy (non-hydrogen) atoms. The van der Waals surface area contributed by atoms with Gasteiger partial charge in [-0.25, -0.2) is 17.9 Å². The van der Waals surface area contributed by atoms with Crippen molar-refractivity contribution < 1.29 is 56.8 Å². The van der Waals surface area contributed by atoms with Crippen LogP contribution < -0.4 is 34.3 Å². The van der Waals surface area contributed by atoms with Gasteiger partial charge in [0, 0.05) is 0 Å². The molecule has 1 aromatic heterocycles. The Bertz CT molecular complexity index is 702. The molecule has 1 unspecified atom stereocenters. The summed E-state index contributed by atoms with van der Waals surface area (Å²) in [5.74, 6) is -0.749. The molecule has 9 heteroatoms. The Morgan fingerprint density at radius 2 is 2.19 bits per heavy atom. The number of aliphatic carboxylic acids is 1. The van der Waals surface area contributed by atoms with Crippen molar-refractivity contribution >= 4 is 22.3 Å². The molecule has 0 saturated heterocycles. The maximum atomic E-state index is 10.9. The average Bonchev–Trinajstić information content (AvgIpc) is 2.82. The number of furan rings is 1. The summed E-state index contributed by atoms with van der Waals surface area (Å²) in [5.41, 5.74) is 0.267. The van der Waals surface area contributed by atoms with E-state index in [1.165, 1.54) is 30.6 Å². The predicted octanol–water partition coefficient (Wildman–Crippen LogP) is -2.33. The minimum Gasteiger partial charge on any atom is -0.735 e. The molecule has 0 saturated carbocycles. The van der Waals surface area contributed by atoms with Gasteiger partial charge >= 0.3 is 35.5 Å². The second-order valence-corrected chi connectivity index (χ2v) is 5.12. The third kappa shape index (κ3) is 5.27. The Morgan fingerprint density at radius 1 is 1.48 bits per heavy atom. The second kappa shape index (κ2) is 7.21. The number of hydrogen-bond donors (Lipinski definition) is 2. The third-order valence-corrected chi connectivity index (χ3v) is 3.06. The molecule has 1 heterocycles. The summed E-state index contributed by atoms with van der Waals surface area (Å²) in [6, 6.07) is 2.30. The van der Waals surface area contributed by atoms with E-state index in [-0.39, 0.29) is 35.1 Å². The summed E-state index contributed by atoms with van der Waals surface area (Å²) in [6.07, 6.45) is 6.65. The number of carboxylic acid groups (broad SMARTS) is 1. The van der Waals surface area contributed by atoms with E-state index in [1.807, 2.05) is 4.72 Å². The van der Waals surface area contributed by atoms with E-state index >= 15 is 0 Å². The SMILES string of the molecule is O=C(O)C1=CC(=Cc2ccco2)C(NS(=O)(=O)[O-])C=C1.[Na+]. The molecule has 0 aliphatic heterocycles. The van der Waals surface area contributed by atoms with Gasteiger partial charge < -0.3 is 14.1 Å². The van der Waals surface area contributed by atoms with Crippen molar-refractivity contribution in [2.24, 2.45) is 0 Å². The van der Waals surface area contributed by atoms with Crippen LogP contribution in [0.3, 0.4) is 0 Å². The zero-order chi connectivity index (χ0) is 14.8. The fourth-order valence-corrected chi connectivity index (χ4v) is 2.22. The van der Waals surface area contributed by atoms with Gasteiger partial charge in [-0.1, -0.05) is 6.08 Å². The van der Waals surface area contributed by atoms with Crippen molar-refractivity contribution in [1.82, 2.24) is 4.72 Å². The molecule has 1 aliphatic rings. The fraction of sp³-hybridized carbons (Fsp3) is 0.0833. The normalized spacial score (nSPS) is 20.0. The van der Waals surface area contributed by atoms with Crippen LogP contribution in [0, 0.1) is 0 Å². The van der Waals surface area contributed by atoms with E-state index in [0.717, 1.165) is 0 Å². The molecule has 1 atom stereocenters. The zero-order valence-corrected chi connectivity index (χ0v) is 13.8. The van der Waals surface area contributed by atoms with Crippen LogP contribution in [0.4, 0.5) is 0 Å². The van der Waals surface area contributed by atoms with E-state index < -0.39 is 22.3 Å². The van der Waals surface area contributed by atoms with Gasteiger partial charge in [0.05, 0.1) is 17.9 Å². The van der Waals surface area contributed by atoms with E-state index in [1.54, 1.807) is 12.1 Å². The summed E-state index contributed by atoms with van der Waals surface area (Å²) >= 11 is 0. The van der Waals surface area contributed by atoms with Crippen LogP contribution in [0.2, 0.25) is 0 Å². The smallest absolute Gasteiger partial charge is 0.735 e. The molecule has 0 amide bonds. The van der Waals surface area contributed by atoms with Crippen LogP contribution in [-0.2, 0) is 15.1 Å². The van der Waals surface area contributed by atoms with Crippen molar-refractivity contribution in [2.45, 2.75) is 6.04 Å². The van der Waals surface area contributed by atoms with Gasteiger partial charge in [0.25, 0.3) is 0 Å². The van der Waals surface area contributed by atoms with Gasteiger partial charge in [-0.2, -0.15) is 0 Å². The quantitative estimate of drug-likeness (QED) is 0.474. The van der Waals surface area contributed by atoms with Gasteiger partial charge in [0.2, 0.25) is 0 Å². The summed E-state index contributed by atoms with van der Waals surface area (Å²) in [5, 5.41) is 8.93. The van der Waals surface area contributed by atoms with Crippen LogP contribution >= 0.6 is 0 Å². The van der Waals surface area contributed by atoms with E-state index in [9.17, 15) is 17.8 Å². The van der Waals surface area contributed by atoms with Crippen LogP contribution in [0.25, 0.3) is 6.08 Å². The van der Waals surface area contributed by atoms with Crippen molar-refractivity contribution in [2.75, 3.05) is 0 Å². The monoisotopic (exact) mass is 319 g/mol. The minimum absolute atomic E-state index is 0. The molecule has 0 bridgehead atoms. The molecule has 2 rings (SSSR count). The van der Waals surface area contributed by atoms with Crippen LogP contribution in [0.1, 0.15) is 5.76 Å². The molecule has 0 radical (unpaired) electrons. The molecule has 0 spiro atoms. The first-order valence-corrected chi connectivity index (χ1v) is 6.87. The van der Waals surface area contributed by atoms with E-state index in [2.05, 4.69) is 0 Å². The van der Waals surface area contributed by atoms with Crippen LogP contribution in [0.15, 0.2) is 52.2 Å². The third-order valence-electron chi connectivity index (χ3n) is 2.52. The van der Waals surface area contributed by atoms with E-state index in [4.69, 9.17) is 9.52 Å². The minimum atomic E-state index is -4.67. The molecular formula is C12H10NNaO6S. The number of carboxylic acids is 1. The van der Waals surface area contributed by atoms with Gasteiger partial charge in [0.15, 0.2) is 10.3 Å². The summed E-state index contributed by atoms with van der Waals surface area (Å²) in [4.78, 5) is 10.9. The molecule has 2 N–H and O–H groups in total. The Balaban J connectivity index is 0.00000220. The Morgan fingerprint density at radius 3 is 2.71 bits per heavy atom. The summed E-state index contributed by atoms with van der Waals surface area (Å²) < 4.78 is 39.3. The summed E-state index contributed by atoms with van der Waals surface area (Å²) in [6.45, 7) is 0. The Labute approximate surface area is 143 Å². The topological polar surface area (TPSA) is 120 Å². The average molecular weight is 319 g/mol. The second-order valence-electron chi connectivity index (χ2n) is 3.97. The van der Waals surface area contributed by atoms with E-state index in [0.29, 0.717) is 11.3 Å². The maximum Gasteiger partial charge on any atom is 1.00 e. The fourth-order valence-electron chi connectivity index (χ4n) is 1.69. The predicted molar refractivity (Wildman–Crippen MR) is 68.2 cm³/mol. The molecule has 0 aromatic carbocycles. The van der Waals surface area contributed by atoms with Gasteiger partial charge in [-0.05, 0) is 35.9 Å². The summed E-state index contributed by atoms with van der Waals surface area (Å²) in [7, 11) is -4.67. The van der Waals surface area contributed by atoms with Crippen molar-refractivity contribution in [3.05, 3.63) is 53.5 Å². The van der Waals surface area contributed by atoms with Crippen molar-refractivity contribution in [1.29, 1.82) is 0 Å². The molecule has 1 aliphatic carbocycles. The maximum absolute atomic E-state index is 10.9. The number of hydrogen-bond acceptors (Lipinski definition) is 5.